The Balaban J connectivity index is 1.52. The normalized spacial score (nSPS) is 19.2. The number of rotatable bonds is 5. The summed E-state index contributed by atoms with van der Waals surface area (Å²) in [7, 11) is 0. The molecule has 0 aromatic heterocycles. The number of fused-ring (bicyclic) bond motifs is 1. The smallest absolute Gasteiger partial charge is 0.224 e. The average Bonchev–Trinajstić information content (AvgIpc) is 3.29. The van der Waals surface area contributed by atoms with Crippen molar-refractivity contribution in [2.24, 2.45) is 11.7 Å². The third-order valence-electron chi connectivity index (χ3n) is 4.54. The van der Waals surface area contributed by atoms with E-state index in [0.29, 0.717) is 18.9 Å². The first kappa shape index (κ1) is 13.6. The maximum Gasteiger partial charge on any atom is 0.224 e. The van der Waals surface area contributed by atoms with Crippen LogP contribution in [0.5, 0.6) is 0 Å². The average molecular weight is 272 g/mol. The standard InChI is InChI=1S/C17H24N2O/c18-16(14-7-8-14)11-19-17(20)10-12-5-6-13-3-1-2-4-15(13)9-12/h5-6,9,14,16H,1-4,7-8,10-11,18H2,(H,19,20). The van der Waals surface area contributed by atoms with E-state index in [4.69, 9.17) is 5.73 Å². The molecule has 3 rings (SSSR count). The van der Waals surface area contributed by atoms with Gasteiger partial charge in [-0.15, -0.1) is 0 Å². The van der Waals surface area contributed by atoms with Crippen LogP contribution in [0.1, 0.15) is 42.4 Å². The van der Waals surface area contributed by atoms with Gasteiger partial charge >= 0.3 is 0 Å². The van der Waals surface area contributed by atoms with Gasteiger partial charge in [-0.05, 0) is 61.1 Å². The van der Waals surface area contributed by atoms with Gasteiger partial charge in [-0.3, -0.25) is 4.79 Å². The van der Waals surface area contributed by atoms with Crippen molar-refractivity contribution in [1.29, 1.82) is 0 Å². The molecular formula is C17H24N2O. The molecule has 3 N–H and O–H groups in total. The van der Waals surface area contributed by atoms with Gasteiger partial charge in [0.25, 0.3) is 0 Å². The number of amides is 1. The monoisotopic (exact) mass is 272 g/mol. The van der Waals surface area contributed by atoms with Crippen LogP contribution in [-0.2, 0) is 24.1 Å². The molecule has 0 radical (unpaired) electrons. The first-order valence-electron chi connectivity index (χ1n) is 7.85. The highest BCUT2D eigenvalue weighted by molar-refractivity contribution is 5.78. The Labute approximate surface area is 120 Å². The predicted molar refractivity (Wildman–Crippen MR) is 80.5 cm³/mol. The summed E-state index contributed by atoms with van der Waals surface area (Å²) >= 11 is 0. The van der Waals surface area contributed by atoms with Crippen molar-refractivity contribution in [2.75, 3.05) is 6.54 Å². The maximum atomic E-state index is 12.0. The van der Waals surface area contributed by atoms with Crippen molar-refractivity contribution < 1.29 is 4.79 Å². The van der Waals surface area contributed by atoms with Crippen LogP contribution in [0, 0.1) is 5.92 Å². The molecule has 3 heteroatoms. The number of hydrogen-bond donors (Lipinski definition) is 2. The second-order valence-corrected chi connectivity index (χ2v) is 6.29. The van der Waals surface area contributed by atoms with Crippen LogP contribution in [0.3, 0.4) is 0 Å². The highest BCUT2D eigenvalue weighted by atomic mass is 16.1. The number of benzene rings is 1. The van der Waals surface area contributed by atoms with Gasteiger partial charge in [0.2, 0.25) is 5.91 Å². The van der Waals surface area contributed by atoms with Gasteiger partial charge in [-0.1, -0.05) is 18.2 Å². The Morgan fingerprint density at radius 3 is 2.75 bits per heavy atom. The Bertz CT molecular complexity index is 494. The van der Waals surface area contributed by atoms with E-state index in [-0.39, 0.29) is 11.9 Å². The molecule has 1 aromatic rings. The van der Waals surface area contributed by atoms with Crippen LogP contribution in [-0.4, -0.2) is 18.5 Å². The number of nitrogens with one attached hydrogen (secondary N) is 1. The van der Waals surface area contributed by atoms with Crippen LogP contribution in [0.15, 0.2) is 18.2 Å². The Kier molecular flexibility index (Phi) is 4.06. The Morgan fingerprint density at radius 1 is 1.25 bits per heavy atom. The summed E-state index contributed by atoms with van der Waals surface area (Å²) in [5.41, 5.74) is 10.0. The van der Waals surface area contributed by atoms with Crippen LogP contribution >= 0.6 is 0 Å². The zero-order valence-corrected chi connectivity index (χ0v) is 12.0. The summed E-state index contributed by atoms with van der Waals surface area (Å²) in [6.45, 7) is 0.619. The van der Waals surface area contributed by atoms with Crippen molar-refractivity contribution in [3.63, 3.8) is 0 Å². The number of carbonyl (C=O) groups excluding carboxylic acids is 1. The number of hydrogen-bond acceptors (Lipinski definition) is 2. The molecule has 0 aliphatic heterocycles. The lowest BCUT2D eigenvalue weighted by Gasteiger charge is -2.17. The molecule has 2 aliphatic rings. The molecule has 1 aromatic carbocycles. The van der Waals surface area contributed by atoms with Gasteiger partial charge in [0, 0.05) is 12.6 Å². The summed E-state index contributed by atoms with van der Waals surface area (Å²) in [5.74, 6) is 0.732. The highest BCUT2D eigenvalue weighted by Crippen LogP contribution is 2.31. The molecule has 1 unspecified atom stereocenters. The lowest BCUT2D eigenvalue weighted by atomic mass is 9.90. The van der Waals surface area contributed by atoms with E-state index in [1.807, 2.05) is 0 Å². The first-order valence-corrected chi connectivity index (χ1v) is 7.85. The minimum atomic E-state index is 0.0943. The summed E-state index contributed by atoms with van der Waals surface area (Å²) in [4.78, 5) is 12.0. The third kappa shape index (κ3) is 3.40. The summed E-state index contributed by atoms with van der Waals surface area (Å²) in [5, 5.41) is 2.97. The van der Waals surface area contributed by atoms with Crippen LogP contribution in [0.25, 0.3) is 0 Å². The zero-order valence-electron chi connectivity index (χ0n) is 12.0. The molecule has 1 fully saturated rings. The highest BCUT2D eigenvalue weighted by Gasteiger charge is 2.28. The topological polar surface area (TPSA) is 55.1 Å². The van der Waals surface area contributed by atoms with E-state index in [1.54, 1.807) is 0 Å². The van der Waals surface area contributed by atoms with E-state index < -0.39 is 0 Å². The first-order chi connectivity index (χ1) is 9.72. The molecule has 0 spiro atoms. The molecule has 0 bridgehead atoms. The van der Waals surface area contributed by atoms with Crippen LogP contribution in [0.2, 0.25) is 0 Å². The van der Waals surface area contributed by atoms with Crippen molar-refractivity contribution in [3.05, 3.63) is 34.9 Å². The van der Waals surface area contributed by atoms with E-state index in [2.05, 4.69) is 23.5 Å². The number of carbonyl (C=O) groups is 1. The van der Waals surface area contributed by atoms with E-state index >= 15 is 0 Å². The third-order valence-corrected chi connectivity index (χ3v) is 4.54. The fourth-order valence-corrected chi connectivity index (χ4v) is 3.07. The lowest BCUT2D eigenvalue weighted by Crippen LogP contribution is -2.39. The summed E-state index contributed by atoms with van der Waals surface area (Å²) < 4.78 is 0. The summed E-state index contributed by atoms with van der Waals surface area (Å²) in [6, 6.07) is 6.66. The van der Waals surface area contributed by atoms with Gasteiger partial charge in [0.1, 0.15) is 0 Å². The summed E-state index contributed by atoms with van der Waals surface area (Å²) in [6.07, 6.45) is 7.86. The fourth-order valence-electron chi connectivity index (χ4n) is 3.07. The molecular weight excluding hydrogens is 248 g/mol. The van der Waals surface area contributed by atoms with Gasteiger partial charge in [-0.2, -0.15) is 0 Å². The van der Waals surface area contributed by atoms with Crippen molar-refractivity contribution in [3.8, 4) is 0 Å². The zero-order chi connectivity index (χ0) is 13.9. The van der Waals surface area contributed by atoms with Gasteiger partial charge in [-0.25, -0.2) is 0 Å². The number of nitrogens with two attached hydrogens (primary N) is 1. The van der Waals surface area contributed by atoms with Crippen molar-refractivity contribution in [2.45, 2.75) is 51.0 Å². The number of aryl methyl sites for hydroxylation is 2. The SMILES string of the molecule is NC(CNC(=O)Cc1ccc2c(c1)CCCC2)C1CC1. The molecule has 108 valence electrons. The van der Waals surface area contributed by atoms with E-state index in [9.17, 15) is 4.79 Å². The molecule has 0 saturated heterocycles. The van der Waals surface area contributed by atoms with Gasteiger partial charge in [0.05, 0.1) is 6.42 Å². The second-order valence-electron chi connectivity index (χ2n) is 6.29. The minimum absolute atomic E-state index is 0.0943. The second kappa shape index (κ2) is 5.96. The minimum Gasteiger partial charge on any atom is -0.354 e. The Morgan fingerprint density at radius 2 is 2.00 bits per heavy atom. The molecule has 1 saturated carbocycles. The van der Waals surface area contributed by atoms with Crippen LogP contribution < -0.4 is 11.1 Å². The van der Waals surface area contributed by atoms with Gasteiger partial charge < -0.3 is 11.1 Å². The van der Waals surface area contributed by atoms with Crippen LogP contribution in [0.4, 0.5) is 0 Å². The predicted octanol–water partition coefficient (Wildman–Crippen LogP) is 1.96. The van der Waals surface area contributed by atoms with Gasteiger partial charge in [0.15, 0.2) is 0 Å². The molecule has 1 atom stereocenters. The quantitative estimate of drug-likeness (QED) is 0.861. The van der Waals surface area contributed by atoms with E-state index in [1.165, 1.54) is 43.2 Å². The maximum absolute atomic E-state index is 12.0. The lowest BCUT2D eigenvalue weighted by molar-refractivity contribution is -0.120. The van der Waals surface area contributed by atoms with Crippen molar-refractivity contribution >= 4 is 5.91 Å². The molecule has 3 nitrogen and oxygen atoms in total. The van der Waals surface area contributed by atoms with E-state index in [0.717, 1.165) is 12.0 Å². The molecule has 2 aliphatic carbocycles. The Hall–Kier alpha value is -1.35. The fraction of sp³-hybridized carbons (Fsp3) is 0.588. The molecule has 1 amide bonds. The largest absolute Gasteiger partial charge is 0.354 e. The molecule has 0 heterocycles. The van der Waals surface area contributed by atoms with Crippen molar-refractivity contribution in [1.82, 2.24) is 5.32 Å². The molecule has 20 heavy (non-hydrogen) atoms.